The van der Waals surface area contributed by atoms with Crippen LogP contribution in [-0.2, 0) is 4.79 Å². The van der Waals surface area contributed by atoms with Crippen LogP contribution in [0.25, 0.3) is 0 Å². The molecular formula is C12H20F3NO. The SMILES string of the molecule is CC(=O)CC1CCCCCN1CCC(F)(F)F. The number of halogens is 3. The molecule has 1 saturated heterocycles. The van der Waals surface area contributed by atoms with E-state index >= 15 is 0 Å². The second kappa shape index (κ2) is 6.38. The maximum atomic E-state index is 12.2. The number of carbonyl (C=O) groups excluding carboxylic acids is 1. The molecule has 0 spiro atoms. The topological polar surface area (TPSA) is 20.3 Å². The Bertz CT molecular complexity index is 253. The average Bonchev–Trinajstić information content (AvgIpc) is 2.38. The third-order valence-electron chi connectivity index (χ3n) is 3.20. The highest BCUT2D eigenvalue weighted by Gasteiger charge is 2.30. The van der Waals surface area contributed by atoms with Gasteiger partial charge in [-0.05, 0) is 26.3 Å². The Labute approximate surface area is 100 Å². The fraction of sp³-hybridized carbons (Fsp3) is 0.917. The fourth-order valence-corrected chi connectivity index (χ4v) is 2.36. The molecule has 1 atom stereocenters. The van der Waals surface area contributed by atoms with Gasteiger partial charge in [-0.15, -0.1) is 0 Å². The van der Waals surface area contributed by atoms with Crippen LogP contribution in [0.3, 0.4) is 0 Å². The minimum absolute atomic E-state index is 0.0114. The standard InChI is InChI=1S/C12H20F3NO/c1-10(17)9-11-5-3-2-4-7-16(11)8-6-12(13,14)15/h11H,2-9H2,1H3. The Hall–Kier alpha value is -0.580. The Morgan fingerprint density at radius 2 is 2.00 bits per heavy atom. The highest BCUT2D eigenvalue weighted by Crippen LogP contribution is 2.24. The molecule has 1 rings (SSSR count). The summed E-state index contributed by atoms with van der Waals surface area (Å²) in [5.74, 6) is 0.0638. The van der Waals surface area contributed by atoms with Crippen LogP contribution in [-0.4, -0.2) is 36.0 Å². The zero-order chi connectivity index (χ0) is 12.9. The number of hydrogen-bond donors (Lipinski definition) is 0. The average molecular weight is 251 g/mol. The summed E-state index contributed by atoms with van der Waals surface area (Å²) in [7, 11) is 0. The van der Waals surface area contributed by atoms with Crippen molar-refractivity contribution in [2.24, 2.45) is 0 Å². The molecule has 5 heteroatoms. The molecule has 0 N–H and O–H groups in total. The van der Waals surface area contributed by atoms with E-state index in [1.54, 1.807) is 0 Å². The molecule has 0 bridgehead atoms. The molecule has 0 aromatic heterocycles. The summed E-state index contributed by atoms with van der Waals surface area (Å²) in [6.07, 6.45) is -0.645. The van der Waals surface area contributed by atoms with Crippen LogP contribution in [0.4, 0.5) is 13.2 Å². The van der Waals surface area contributed by atoms with Crippen molar-refractivity contribution in [1.82, 2.24) is 4.90 Å². The molecule has 1 heterocycles. The normalized spacial score (nSPS) is 23.4. The summed E-state index contributed by atoms with van der Waals surface area (Å²) in [6, 6.07) is 0.0114. The van der Waals surface area contributed by atoms with Gasteiger partial charge in [0, 0.05) is 19.0 Å². The van der Waals surface area contributed by atoms with Gasteiger partial charge < -0.3 is 0 Å². The molecule has 0 amide bonds. The van der Waals surface area contributed by atoms with E-state index in [4.69, 9.17) is 0 Å². The van der Waals surface area contributed by atoms with Crippen molar-refractivity contribution in [2.45, 2.75) is 57.7 Å². The Balaban J connectivity index is 2.52. The third-order valence-corrected chi connectivity index (χ3v) is 3.20. The van der Waals surface area contributed by atoms with Crippen molar-refractivity contribution in [1.29, 1.82) is 0 Å². The molecule has 0 radical (unpaired) electrons. The van der Waals surface area contributed by atoms with Gasteiger partial charge >= 0.3 is 6.18 Å². The van der Waals surface area contributed by atoms with Gasteiger partial charge in [-0.1, -0.05) is 12.8 Å². The van der Waals surface area contributed by atoms with E-state index in [0.29, 0.717) is 13.0 Å². The lowest BCUT2D eigenvalue weighted by Gasteiger charge is -2.29. The highest BCUT2D eigenvalue weighted by molar-refractivity contribution is 5.76. The van der Waals surface area contributed by atoms with E-state index in [9.17, 15) is 18.0 Å². The van der Waals surface area contributed by atoms with Crippen LogP contribution in [0.5, 0.6) is 0 Å². The van der Waals surface area contributed by atoms with Gasteiger partial charge in [-0.3, -0.25) is 9.69 Å². The molecule has 0 aliphatic carbocycles. The lowest BCUT2D eigenvalue weighted by molar-refractivity contribution is -0.139. The maximum Gasteiger partial charge on any atom is 0.390 e. The minimum Gasteiger partial charge on any atom is -0.300 e. The quantitative estimate of drug-likeness (QED) is 0.765. The molecule has 0 saturated carbocycles. The van der Waals surface area contributed by atoms with E-state index < -0.39 is 12.6 Å². The molecule has 1 aliphatic rings. The van der Waals surface area contributed by atoms with Gasteiger partial charge in [0.05, 0.1) is 6.42 Å². The summed E-state index contributed by atoms with van der Waals surface area (Å²) in [6.45, 7) is 2.22. The van der Waals surface area contributed by atoms with Crippen LogP contribution in [0, 0.1) is 0 Å². The van der Waals surface area contributed by atoms with Gasteiger partial charge in [0.2, 0.25) is 0 Å². The van der Waals surface area contributed by atoms with Gasteiger partial charge in [-0.2, -0.15) is 13.2 Å². The monoisotopic (exact) mass is 251 g/mol. The molecule has 2 nitrogen and oxygen atoms in total. The molecular weight excluding hydrogens is 231 g/mol. The lowest BCUT2D eigenvalue weighted by Crippen LogP contribution is -2.38. The van der Waals surface area contributed by atoms with Crippen molar-refractivity contribution in [3.05, 3.63) is 0 Å². The largest absolute Gasteiger partial charge is 0.390 e. The number of carbonyl (C=O) groups is 1. The number of Topliss-reactive ketones (excluding diaryl/α,β-unsaturated/α-hetero) is 1. The van der Waals surface area contributed by atoms with Crippen LogP contribution in [0.2, 0.25) is 0 Å². The number of ketones is 1. The Kier molecular flexibility index (Phi) is 5.43. The number of rotatable bonds is 4. The molecule has 1 fully saturated rings. The van der Waals surface area contributed by atoms with Gasteiger partial charge in [0.25, 0.3) is 0 Å². The molecule has 0 aromatic carbocycles. The first kappa shape index (κ1) is 14.5. The summed E-state index contributed by atoms with van der Waals surface area (Å²) in [4.78, 5) is 13.0. The number of alkyl halides is 3. The van der Waals surface area contributed by atoms with Gasteiger partial charge in [0.15, 0.2) is 0 Å². The second-order valence-corrected chi connectivity index (χ2v) is 4.81. The Morgan fingerprint density at radius 1 is 1.29 bits per heavy atom. The van der Waals surface area contributed by atoms with Crippen LogP contribution >= 0.6 is 0 Å². The van der Waals surface area contributed by atoms with Crippen LogP contribution in [0.1, 0.15) is 45.4 Å². The minimum atomic E-state index is -4.10. The van der Waals surface area contributed by atoms with Crippen molar-refractivity contribution >= 4 is 5.78 Å². The van der Waals surface area contributed by atoms with E-state index in [1.807, 2.05) is 4.90 Å². The zero-order valence-corrected chi connectivity index (χ0v) is 10.2. The van der Waals surface area contributed by atoms with Crippen molar-refractivity contribution in [2.75, 3.05) is 13.1 Å². The first-order chi connectivity index (χ1) is 7.88. The highest BCUT2D eigenvalue weighted by atomic mass is 19.4. The van der Waals surface area contributed by atoms with Gasteiger partial charge in [0.1, 0.15) is 5.78 Å². The maximum absolute atomic E-state index is 12.2. The van der Waals surface area contributed by atoms with E-state index in [0.717, 1.165) is 25.7 Å². The first-order valence-electron chi connectivity index (χ1n) is 6.19. The smallest absolute Gasteiger partial charge is 0.300 e. The van der Waals surface area contributed by atoms with Crippen molar-refractivity contribution in [3.8, 4) is 0 Å². The van der Waals surface area contributed by atoms with Crippen molar-refractivity contribution in [3.63, 3.8) is 0 Å². The van der Waals surface area contributed by atoms with Crippen molar-refractivity contribution < 1.29 is 18.0 Å². The predicted octanol–water partition coefficient (Wildman–Crippen LogP) is 3.16. The van der Waals surface area contributed by atoms with Crippen LogP contribution < -0.4 is 0 Å². The van der Waals surface area contributed by atoms with E-state index in [1.165, 1.54) is 6.92 Å². The first-order valence-corrected chi connectivity index (χ1v) is 6.19. The molecule has 100 valence electrons. The zero-order valence-electron chi connectivity index (χ0n) is 10.2. The van der Waals surface area contributed by atoms with E-state index in [-0.39, 0.29) is 18.4 Å². The fourth-order valence-electron chi connectivity index (χ4n) is 2.36. The third kappa shape index (κ3) is 6.05. The molecule has 1 aliphatic heterocycles. The van der Waals surface area contributed by atoms with Crippen LogP contribution in [0.15, 0.2) is 0 Å². The number of hydrogen-bond acceptors (Lipinski definition) is 2. The second-order valence-electron chi connectivity index (χ2n) is 4.81. The van der Waals surface area contributed by atoms with E-state index in [2.05, 4.69) is 0 Å². The summed E-state index contributed by atoms with van der Waals surface area (Å²) < 4.78 is 36.6. The number of nitrogens with zero attached hydrogens (tertiary/aromatic N) is 1. The number of likely N-dealkylation sites (tertiary alicyclic amines) is 1. The summed E-state index contributed by atoms with van der Waals surface area (Å²) in [5, 5.41) is 0. The summed E-state index contributed by atoms with van der Waals surface area (Å²) >= 11 is 0. The molecule has 0 aromatic rings. The molecule has 1 unspecified atom stereocenters. The van der Waals surface area contributed by atoms with Gasteiger partial charge in [-0.25, -0.2) is 0 Å². The predicted molar refractivity (Wildman–Crippen MR) is 59.8 cm³/mol. The Morgan fingerprint density at radius 3 is 2.59 bits per heavy atom. The summed E-state index contributed by atoms with van der Waals surface area (Å²) in [5.41, 5.74) is 0. The molecule has 17 heavy (non-hydrogen) atoms. The lowest BCUT2D eigenvalue weighted by atomic mass is 10.0.